The van der Waals surface area contributed by atoms with Crippen LogP contribution in [-0.4, -0.2) is 0 Å². The summed E-state index contributed by atoms with van der Waals surface area (Å²) in [7, 11) is 0. The minimum Gasteiger partial charge on any atom is -0.271 e. The van der Waals surface area contributed by atoms with Crippen LogP contribution in [0, 0.1) is 5.92 Å². The van der Waals surface area contributed by atoms with Gasteiger partial charge in [0.1, 0.15) is 0 Å². The predicted molar refractivity (Wildman–Crippen MR) is 75.0 cm³/mol. The summed E-state index contributed by atoms with van der Waals surface area (Å²) in [5.74, 6) is 6.52. The zero-order valence-corrected chi connectivity index (χ0v) is 11.6. The fourth-order valence-corrected chi connectivity index (χ4v) is 3.95. The molecule has 1 atom stereocenters. The second-order valence-corrected chi connectivity index (χ2v) is 6.25. The first-order valence-electron chi connectivity index (χ1n) is 6.90. The molecule has 0 spiro atoms. The van der Waals surface area contributed by atoms with E-state index < -0.39 is 0 Å². The molecule has 0 aromatic carbocycles. The summed E-state index contributed by atoms with van der Waals surface area (Å²) < 4.78 is 0. The predicted octanol–water partition coefficient (Wildman–Crippen LogP) is 3.79. The van der Waals surface area contributed by atoms with E-state index >= 15 is 0 Å². The first kappa shape index (κ1) is 13.1. The Bertz CT molecular complexity index is 327. The molecule has 0 aliphatic heterocycles. The highest BCUT2D eigenvalue weighted by atomic mass is 32.1. The van der Waals surface area contributed by atoms with Gasteiger partial charge < -0.3 is 0 Å². The monoisotopic (exact) mass is 252 g/mol. The molecule has 1 aliphatic carbocycles. The Balaban J connectivity index is 2.08. The first-order chi connectivity index (χ1) is 8.35. The van der Waals surface area contributed by atoms with Crippen LogP contribution in [0.4, 0.5) is 0 Å². The van der Waals surface area contributed by atoms with Crippen molar-refractivity contribution in [3.8, 4) is 0 Å². The molecule has 2 nitrogen and oxygen atoms in total. The molecule has 1 aliphatic rings. The van der Waals surface area contributed by atoms with E-state index in [9.17, 15) is 0 Å². The van der Waals surface area contributed by atoms with Crippen molar-refractivity contribution < 1.29 is 0 Å². The first-order valence-corrected chi connectivity index (χ1v) is 7.71. The molecule has 17 heavy (non-hydrogen) atoms. The molecule has 1 saturated carbocycles. The maximum atomic E-state index is 5.79. The molecular formula is C14H24N2S. The third-order valence-electron chi connectivity index (χ3n) is 3.89. The summed E-state index contributed by atoms with van der Waals surface area (Å²) >= 11 is 1.92. The van der Waals surface area contributed by atoms with Crippen LogP contribution >= 0.6 is 11.3 Å². The summed E-state index contributed by atoms with van der Waals surface area (Å²) in [5.41, 5.74) is 3.06. The largest absolute Gasteiger partial charge is 0.271 e. The second-order valence-electron chi connectivity index (χ2n) is 5.05. The molecule has 1 fully saturated rings. The minimum absolute atomic E-state index is 0.374. The van der Waals surface area contributed by atoms with Gasteiger partial charge in [-0.3, -0.25) is 11.3 Å². The molecule has 1 heterocycles. The van der Waals surface area contributed by atoms with Crippen LogP contribution < -0.4 is 11.3 Å². The lowest BCUT2D eigenvalue weighted by Gasteiger charge is -2.24. The molecule has 1 aromatic rings. The molecule has 0 radical (unpaired) electrons. The fraction of sp³-hybridized carbons (Fsp3) is 0.714. The molecule has 3 N–H and O–H groups in total. The Kier molecular flexibility index (Phi) is 5.01. The van der Waals surface area contributed by atoms with Crippen molar-refractivity contribution >= 4 is 11.3 Å². The van der Waals surface area contributed by atoms with Crippen LogP contribution in [-0.2, 0) is 6.42 Å². The lowest BCUT2D eigenvalue weighted by Crippen LogP contribution is -2.33. The summed E-state index contributed by atoms with van der Waals surface area (Å²) in [4.78, 5) is 2.89. The van der Waals surface area contributed by atoms with Crippen LogP contribution in [0.25, 0.3) is 0 Å². The number of hydrogen-bond donors (Lipinski definition) is 2. The third kappa shape index (κ3) is 3.30. The topological polar surface area (TPSA) is 38.0 Å². The van der Waals surface area contributed by atoms with Crippen LogP contribution in [0.1, 0.15) is 61.2 Å². The number of aryl methyl sites for hydroxylation is 1. The van der Waals surface area contributed by atoms with E-state index in [1.807, 2.05) is 11.3 Å². The van der Waals surface area contributed by atoms with Gasteiger partial charge in [0.25, 0.3) is 0 Å². The van der Waals surface area contributed by atoms with Crippen LogP contribution in [0.2, 0.25) is 0 Å². The molecule has 0 bridgehead atoms. The Hall–Kier alpha value is -0.380. The van der Waals surface area contributed by atoms with Gasteiger partial charge in [-0.1, -0.05) is 32.6 Å². The van der Waals surface area contributed by atoms with Gasteiger partial charge in [0.15, 0.2) is 0 Å². The summed E-state index contributed by atoms with van der Waals surface area (Å²) in [6.07, 6.45) is 9.33. The van der Waals surface area contributed by atoms with Crippen molar-refractivity contribution in [3.05, 3.63) is 21.9 Å². The quantitative estimate of drug-likeness (QED) is 0.486. The van der Waals surface area contributed by atoms with Crippen LogP contribution in [0.15, 0.2) is 12.1 Å². The fourth-order valence-electron chi connectivity index (χ4n) is 2.85. The molecular weight excluding hydrogens is 228 g/mol. The standard InChI is InChI=1S/C14H24N2S/c1-2-12-9-10-13(17-12)14(16-15)11-7-5-3-4-6-8-11/h9-11,14,16H,2-8,15H2,1H3. The average molecular weight is 252 g/mol. The molecule has 3 heteroatoms. The molecule has 1 unspecified atom stereocenters. The zero-order valence-electron chi connectivity index (χ0n) is 10.7. The maximum Gasteiger partial charge on any atom is 0.0581 e. The van der Waals surface area contributed by atoms with Gasteiger partial charge in [-0.05, 0) is 37.3 Å². The third-order valence-corrected chi connectivity index (χ3v) is 5.20. The highest BCUT2D eigenvalue weighted by molar-refractivity contribution is 7.12. The Morgan fingerprint density at radius 1 is 1.29 bits per heavy atom. The van der Waals surface area contributed by atoms with Crippen molar-refractivity contribution in [2.75, 3.05) is 0 Å². The van der Waals surface area contributed by atoms with E-state index in [2.05, 4.69) is 24.5 Å². The van der Waals surface area contributed by atoms with Crippen molar-refractivity contribution in [2.24, 2.45) is 11.8 Å². The van der Waals surface area contributed by atoms with Gasteiger partial charge in [0.05, 0.1) is 6.04 Å². The highest BCUT2D eigenvalue weighted by Gasteiger charge is 2.24. The lowest BCUT2D eigenvalue weighted by atomic mass is 9.91. The number of rotatable bonds is 4. The molecule has 0 amide bonds. The average Bonchev–Trinajstić information content (AvgIpc) is 2.66. The van der Waals surface area contributed by atoms with Gasteiger partial charge in [-0.2, -0.15) is 0 Å². The van der Waals surface area contributed by atoms with Crippen molar-refractivity contribution in [3.63, 3.8) is 0 Å². The van der Waals surface area contributed by atoms with Gasteiger partial charge in [-0.25, -0.2) is 0 Å². The Labute approximate surface area is 109 Å². The Morgan fingerprint density at radius 3 is 2.53 bits per heavy atom. The van der Waals surface area contributed by atoms with Gasteiger partial charge >= 0.3 is 0 Å². The van der Waals surface area contributed by atoms with E-state index in [-0.39, 0.29) is 0 Å². The number of nitrogens with two attached hydrogens (primary N) is 1. The number of thiophene rings is 1. The Morgan fingerprint density at radius 2 is 2.00 bits per heavy atom. The van der Waals surface area contributed by atoms with E-state index in [1.165, 1.54) is 48.3 Å². The van der Waals surface area contributed by atoms with Crippen molar-refractivity contribution in [1.82, 2.24) is 5.43 Å². The van der Waals surface area contributed by atoms with E-state index in [0.29, 0.717) is 6.04 Å². The van der Waals surface area contributed by atoms with Gasteiger partial charge in [0, 0.05) is 9.75 Å². The van der Waals surface area contributed by atoms with Crippen LogP contribution in [0.3, 0.4) is 0 Å². The minimum atomic E-state index is 0.374. The number of hydrogen-bond acceptors (Lipinski definition) is 3. The smallest absolute Gasteiger partial charge is 0.0581 e. The highest BCUT2D eigenvalue weighted by Crippen LogP contribution is 2.35. The van der Waals surface area contributed by atoms with Crippen LogP contribution in [0.5, 0.6) is 0 Å². The van der Waals surface area contributed by atoms with E-state index in [4.69, 9.17) is 5.84 Å². The van der Waals surface area contributed by atoms with Gasteiger partial charge in [-0.15, -0.1) is 11.3 Å². The second kappa shape index (κ2) is 6.53. The van der Waals surface area contributed by atoms with Gasteiger partial charge in [0.2, 0.25) is 0 Å². The molecule has 1 aromatic heterocycles. The summed E-state index contributed by atoms with van der Waals surface area (Å²) in [5, 5.41) is 0. The van der Waals surface area contributed by atoms with Crippen molar-refractivity contribution in [2.45, 2.75) is 57.9 Å². The summed E-state index contributed by atoms with van der Waals surface area (Å²) in [6, 6.07) is 4.89. The number of nitrogens with one attached hydrogen (secondary N) is 1. The van der Waals surface area contributed by atoms with Crippen molar-refractivity contribution in [1.29, 1.82) is 0 Å². The van der Waals surface area contributed by atoms with E-state index in [1.54, 1.807) is 0 Å². The molecule has 2 rings (SSSR count). The SMILES string of the molecule is CCc1ccc(C(NN)C2CCCCCC2)s1. The maximum absolute atomic E-state index is 5.79. The zero-order chi connectivity index (χ0) is 12.1. The van der Waals surface area contributed by atoms with E-state index in [0.717, 1.165) is 12.3 Å². The lowest BCUT2D eigenvalue weighted by molar-refractivity contribution is 0.333. The molecule has 0 saturated heterocycles. The summed E-state index contributed by atoms with van der Waals surface area (Å²) in [6.45, 7) is 2.21. The molecule has 96 valence electrons. The normalized spacial score (nSPS) is 20.1. The number of hydrazine groups is 1.